The molecule has 0 bridgehead atoms. The van der Waals surface area contributed by atoms with Gasteiger partial charge < -0.3 is 0 Å². The fraction of sp³-hybridized carbons (Fsp3) is 0.111. The van der Waals surface area contributed by atoms with Gasteiger partial charge in [-0.15, -0.1) is 0 Å². The average molecular weight is 342 g/mol. The molecule has 0 saturated heterocycles. The minimum Gasteiger partial charge on any atom is -0.234 e. The lowest BCUT2D eigenvalue weighted by Crippen LogP contribution is -2.30. The number of nitrogens with zero attached hydrogens (tertiary/aromatic N) is 2. The van der Waals surface area contributed by atoms with E-state index >= 15 is 0 Å². The second-order valence-corrected chi connectivity index (χ2v) is 7.14. The number of halogens is 1. The highest BCUT2D eigenvalue weighted by atomic mass is 35.5. The van der Waals surface area contributed by atoms with E-state index in [0.717, 1.165) is 20.8 Å². The molecule has 0 unspecified atom stereocenters. The molecule has 2 aromatic heterocycles. The molecule has 0 radical (unpaired) electrons. The van der Waals surface area contributed by atoms with Gasteiger partial charge in [0.1, 0.15) is 18.1 Å². The Balaban J connectivity index is 1.79. The molecular weight excluding hydrogens is 326 g/mol. The Morgan fingerprint density at radius 2 is 1.96 bits per heavy atom. The largest absolute Gasteiger partial charge is 0.294 e. The van der Waals surface area contributed by atoms with Gasteiger partial charge in [0.2, 0.25) is 5.52 Å². The predicted octanol–water partition coefficient (Wildman–Crippen LogP) is 3.66. The molecule has 3 heterocycles. The van der Waals surface area contributed by atoms with Crippen molar-refractivity contribution in [3.05, 3.63) is 64.4 Å². The third-order valence-electron chi connectivity index (χ3n) is 3.99. The number of aryl methyl sites for hydroxylation is 2. The van der Waals surface area contributed by atoms with Crippen LogP contribution < -0.4 is 14.5 Å². The number of aromatic nitrogens is 2. The maximum Gasteiger partial charge on any atom is 0.294 e. The molecule has 0 saturated carbocycles. The summed E-state index contributed by atoms with van der Waals surface area (Å²) < 4.78 is 4.16. The number of para-hydroxylation sites is 1. The minimum absolute atomic E-state index is 0.749. The maximum atomic E-state index is 6.15. The quantitative estimate of drug-likeness (QED) is 0.681. The monoisotopic (exact) mass is 341 g/mol. The topological polar surface area (TPSA) is 19.8 Å². The van der Waals surface area contributed by atoms with E-state index in [9.17, 15) is 0 Å². The van der Waals surface area contributed by atoms with E-state index in [4.69, 9.17) is 11.6 Å². The lowest BCUT2D eigenvalue weighted by atomic mass is 10.1. The molecule has 1 aliphatic heterocycles. The smallest absolute Gasteiger partial charge is 0.234 e. The Bertz CT molecular complexity index is 966. The van der Waals surface area contributed by atoms with E-state index in [1.165, 1.54) is 16.5 Å². The number of hydrogen-bond donors (Lipinski definition) is 1. The Kier molecular flexibility index (Phi) is 3.51. The van der Waals surface area contributed by atoms with Crippen LogP contribution in [0.15, 0.2) is 58.7 Å². The van der Waals surface area contributed by atoms with E-state index in [1.807, 2.05) is 23.9 Å². The zero-order chi connectivity index (χ0) is 16.0. The van der Waals surface area contributed by atoms with Crippen LogP contribution in [0.3, 0.4) is 0 Å². The second-order valence-electron chi connectivity index (χ2n) is 5.62. The molecule has 23 heavy (non-hydrogen) atoms. The first-order valence-corrected chi connectivity index (χ1v) is 8.54. The summed E-state index contributed by atoms with van der Waals surface area (Å²) in [5.74, 6) is 1.08. The van der Waals surface area contributed by atoms with Gasteiger partial charge in [-0.05, 0) is 29.5 Å². The Labute approximate surface area is 144 Å². The molecular formula is C18H16ClN3S+2. The van der Waals surface area contributed by atoms with Gasteiger partial charge in [0.05, 0.1) is 17.5 Å². The number of fused-ring (bicyclic) bond motifs is 2. The summed E-state index contributed by atoms with van der Waals surface area (Å²) in [6.45, 7) is 0. The van der Waals surface area contributed by atoms with Gasteiger partial charge >= 0.3 is 0 Å². The van der Waals surface area contributed by atoms with Gasteiger partial charge in [-0.2, -0.15) is 0 Å². The van der Waals surface area contributed by atoms with E-state index in [1.54, 1.807) is 11.8 Å². The van der Waals surface area contributed by atoms with Gasteiger partial charge in [0.15, 0.2) is 11.2 Å². The van der Waals surface area contributed by atoms with Crippen molar-refractivity contribution in [2.75, 3.05) is 5.32 Å². The number of benzene rings is 1. The summed E-state index contributed by atoms with van der Waals surface area (Å²) in [7, 11) is 4.07. The van der Waals surface area contributed by atoms with Crippen LogP contribution in [0, 0.1) is 0 Å². The minimum atomic E-state index is 0.749. The molecule has 5 heteroatoms. The van der Waals surface area contributed by atoms with Crippen molar-refractivity contribution in [2.24, 2.45) is 14.1 Å². The molecule has 114 valence electrons. The van der Waals surface area contributed by atoms with Crippen LogP contribution in [0.25, 0.3) is 17.0 Å². The maximum absolute atomic E-state index is 6.15. The van der Waals surface area contributed by atoms with Crippen LogP contribution >= 0.6 is 23.4 Å². The number of pyridine rings is 2. The number of thioether (sulfide) groups is 1. The zero-order valence-corrected chi connectivity index (χ0v) is 14.4. The van der Waals surface area contributed by atoms with Crippen LogP contribution in [-0.4, -0.2) is 0 Å². The molecule has 1 N–H and O–H groups in total. The van der Waals surface area contributed by atoms with E-state index in [-0.39, 0.29) is 0 Å². The van der Waals surface area contributed by atoms with Gasteiger partial charge in [-0.1, -0.05) is 23.7 Å². The van der Waals surface area contributed by atoms with Gasteiger partial charge in [-0.3, -0.25) is 0 Å². The van der Waals surface area contributed by atoms with Crippen molar-refractivity contribution < 1.29 is 9.13 Å². The van der Waals surface area contributed by atoms with Crippen molar-refractivity contribution in [1.29, 1.82) is 0 Å². The highest BCUT2D eigenvalue weighted by Crippen LogP contribution is 2.40. The molecule has 0 amide bonds. The normalized spacial score (nSPS) is 15.0. The molecule has 3 nitrogen and oxygen atoms in total. The SMILES string of the molecule is C[n+]1cc(Cl)cc2c1NC(=Cc1cc[n+](C)c3ccccc13)S2. The summed E-state index contributed by atoms with van der Waals surface area (Å²) in [5, 5.41) is 6.58. The molecule has 0 spiro atoms. The predicted molar refractivity (Wildman–Crippen MR) is 95.2 cm³/mol. The van der Waals surface area contributed by atoms with Crippen LogP contribution in [0.2, 0.25) is 5.02 Å². The number of anilines is 1. The first-order valence-electron chi connectivity index (χ1n) is 7.35. The summed E-state index contributed by atoms with van der Waals surface area (Å²) in [4.78, 5) is 1.15. The Hall–Kier alpha value is -2.04. The first-order chi connectivity index (χ1) is 11.1. The van der Waals surface area contributed by atoms with Gasteiger partial charge in [0.25, 0.3) is 5.82 Å². The zero-order valence-electron chi connectivity index (χ0n) is 12.9. The summed E-state index contributed by atoms with van der Waals surface area (Å²) >= 11 is 7.86. The third-order valence-corrected chi connectivity index (χ3v) is 5.17. The van der Waals surface area contributed by atoms with Crippen molar-refractivity contribution >= 4 is 46.2 Å². The fourth-order valence-electron chi connectivity index (χ4n) is 2.86. The van der Waals surface area contributed by atoms with Crippen molar-refractivity contribution in [3.8, 4) is 0 Å². The van der Waals surface area contributed by atoms with Crippen LogP contribution in [0.4, 0.5) is 5.82 Å². The average Bonchev–Trinajstić information content (AvgIpc) is 2.93. The molecule has 1 aliphatic rings. The van der Waals surface area contributed by atoms with Crippen molar-refractivity contribution in [3.63, 3.8) is 0 Å². The van der Waals surface area contributed by atoms with E-state index < -0.39 is 0 Å². The first kappa shape index (κ1) is 14.5. The standard InChI is InChI=1S/C18H15ClN3S/c1-21-8-7-12(14-5-3-4-6-15(14)21)9-17-20-18-16(23-17)10-13(19)11-22(18)2/h3-11H,1-2H3/q+1/p+1. The van der Waals surface area contributed by atoms with Crippen LogP contribution in [0.1, 0.15) is 5.56 Å². The summed E-state index contributed by atoms with van der Waals surface area (Å²) in [6.07, 6.45) is 6.20. The van der Waals surface area contributed by atoms with Crippen LogP contribution in [-0.2, 0) is 14.1 Å². The molecule has 3 aromatic rings. The highest BCUT2D eigenvalue weighted by Gasteiger charge is 2.26. The van der Waals surface area contributed by atoms with Gasteiger partial charge in [-0.25, -0.2) is 14.5 Å². The van der Waals surface area contributed by atoms with E-state index in [0.29, 0.717) is 0 Å². The molecule has 1 aromatic carbocycles. The number of nitrogens with one attached hydrogen (secondary N) is 1. The number of hydrogen-bond acceptors (Lipinski definition) is 2. The van der Waals surface area contributed by atoms with Crippen molar-refractivity contribution in [1.82, 2.24) is 0 Å². The highest BCUT2D eigenvalue weighted by molar-refractivity contribution is 8.03. The molecule has 0 atom stereocenters. The Morgan fingerprint density at radius 1 is 1.13 bits per heavy atom. The molecule has 0 fully saturated rings. The third kappa shape index (κ3) is 2.58. The summed E-state index contributed by atoms with van der Waals surface area (Å²) in [6, 6.07) is 12.6. The van der Waals surface area contributed by atoms with Gasteiger partial charge in [0, 0.05) is 18.2 Å². The molecule has 0 aliphatic carbocycles. The van der Waals surface area contributed by atoms with E-state index in [2.05, 4.69) is 59.5 Å². The lowest BCUT2D eigenvalue weighted by Gasteiger charge is -2.01. The lowest BCUT2D eigenvalue weighted by molar-refractivity contribution is -0.658. The number of rotatable bonds is 1. The van der Waals surface area contributed by atoms with Crippen molar-refractivity contribution in [2.45, 2.75) is 4.90 Å². The Morgan fingerprint density at radius 3 is 2.83 bits per heavy atom. The fourth-order valence-corrected chi connectivity index (χ4v) is 4.23. The molecule has 4 rings (SSSR count). The second kappa shape index (κ2) is 5.55. The summed E-state index contributed by atoms with van der Waals surface area (Å²) in [5.41, 5.74) is 2.42. The van der Waals surface area contributed by atoms with Crippen LogP contribution in [0.5, 0.6) is 0 Å².